The number of benzene rings is 2. The van der Waals surface area contributed by atoms with Gasteiger partial charge in [0.1, 0.15) is 36.3 Å². The molecule has 4 N–H and O–H groups in total. The molecule has 1 aliphatic rings. The number of halogens is 1. The van der Waals surface area contributed by atoms with Crippen molar-refractivity contribution in [2.45, 2.75) is 70.6 Å². The van der Waals surface area contributed by atoms with Gasteiger partial charge in [-0.1, -0.05) is 49.7 Å². The number of hydrogen-bond donors (Lipinski definition) is 4. The highest BCUT2D eigenvalue weighted by Gasteiger charge is 2.45. The summed E-state index contributed by atoms with van der Waals surface area (Å²) in [6, 6.07) is 10.2. The first-order chi connectivity index (χ1) is 15.3. The zero-order valence-corrected chi connectivity index (χ0v) is 19.5. The van der Waals surface area contributed by atoms with Gasteiger partial charge in [0.05, 0.1) is 18.2 Å². The third kappa shape index (κ3) is 5.11. The molecule has 1 heterocycles. The average molecular weight is 465 g/mol. The van der Waals surface area contributed by atoms with Gasteiger partial charge < -0.3 is 29.9 Å². The molecule has 2 aromatic rings. The smallest absolute Gasteiger partial charge is 0.129 e. The summed E-state index contributed by atoms with van der Waals surface area (Å²) in [5.41, 5.74) is 4.43. The lowest BCUT2D eigenvalue weighted by atomic mass is 9.88. The van der Waals surface area contributed by atoms with Gasteiger partial charge in [-0.3, -0.25) is 0 Å². The number of aliphatic hydroxyl groups is 4. The molecule has 7 heteroatoms. The molecule has 0 saturated carbocycles. The largest absolute Gasteiger partial charge is 0.493 e. The molecular formula is C25H33ClO6. The minimum absolute atomic E-state index is 0.444. The highest BCUT2D eigenvalue weighted by Crippen LogP contribution is 2.42. The minimum atomic E-state index is -1.47. The van der Waals surface area contributed by atoms with E-state index in [2.05, 4.69) is 31.2 Å². The molecule has 2 aromatic carbocycles. The maximum Gasteiger partial charge on any atom is 0.129 e. The highest BCUT2D eigenvalue weighted by atomic mass is 35.5. The lowest BCUT2D eigenvalue weighted by molar-refractivity contribution is -0.232. The van der Waals surface area contributed by atoms with Gasteiger partial charge in [-0.25, -0.2) is 0 Å². The van der Waals surface area contributed by atoms with Crippen molar-refractivity contribution in [3.05, 3.63) is 63.2 Å². The van der Waals surface area contributed by atoms with E-state index in [1.54, 1.807) is 0 Å². The molecule has 176 valence electrons. The molecule has 1 fully saturated rings. The molecule has 0 bridgehead atoms. The lowest BCUT2D eigenvalue weighted by Gasteiger charge is -2.41. The quantitative estimate of drug-likeness (QED) is 0.479. The van der Waals surface area contributed by atoms with Crippen LogP contribution >= 0.6 is 11.6 Å². The van der Waals surface area contributed by atoms with E-state index in [4.69, 9.17) is 21.1 Å². The Balaban J connectivity index is 2.05. The van der Waals surface area contributed by atoms with Crippen molar-refractivity contribution in [2.24, 2.45) is 0 Å². The average Bonchev–Trinajstić information content (AvgIpc) is 2.80. The minimum Gasteiger partial charge on any atom is -0.493 e. The van der Waals surface area contributed by atoms with Crippen LogP contribution in [0, 0.1) is 6.92 Å². The maximum absolute atomic E-state index is 10.7. The Hall–Kier alpha value is -1.67. The molecule has 1 aliphatic heterocycles. The Labute approximate surface area is 194 Å². The Morgan fingerprint density at radius 3 is 2.25 bits per heavy atom. The van der Waals surface area contributed by atoms with Crippen molar-refractivity contribution >= 4 is 11.6 Å². The topological polar surface area (TPSA) is 99.4 Å². The Morgan fingerprint density at radius 1 is 1.00 bits per heavy atom. The van der Waals surface area contributed by atoms with Gasteiger partial charge in [-0.2, -0.15) is 0 Å². The van der Waals surface area contributed by atoms with Crippen LogP contribution in [0.5, 0.6) is 5.75 Å². The molecule has 0 aliphatic carbocycles. The zero-order chi connectivity index (χ0) is 23.4. The normalized spacial score (nSPS) is 25.7. The molecule has 0 amide bonds. The summed E-state index contributed by atoms with van der Waals surface area (Å²) in [6.07, 6.45) is -3.96. The summed E-state index contributed by atoms with van der Waals surface area (Å²) >= 11 is 6.73. The SMILES string of the molecule is CCCOc1c([C@@H]2O[C@H](CO)[C@@H](O)[C@H](O)[C@H]2O)cc(Cc2ccc(CC)cc2)c(Cl)c1C. The second-order valence-electron chi connectivity index (χ2n) is 8.34. The molecule has 3 rings (SSSR count). The van der Waals surface area contributed by atoms with E-state index in [1.807, 2.05) is 19.9 Å². The molecule has 6 nitrogen and oxygen atoms in total. The van der Waals surface area contributed by atoms with Gasteiger partial charge in [0, 0.05) is 11.1 Å². The van der Waals surface area contributed by atoms with Gasteiger partial charge in [-0.15, -0.1) is 0 Å². The molecule has 0 aromatic heterocycles. The zero-order valence-electron chi connectivity index (χ0n) is 18.8. The number of hydrogen-bond acceptors (Lipinski definition) is 6. The van der Waals surface area contributed by atoms with Crippen LogP contribution in [0.3, 0.4) is 0 Å². The van der Waals surface area contributed by atoms with E-state index in [0.717, 1.165) is 29.5 Å². The van der Waals surface area contributed by atoms with Crippen LogP contribution in [0.15, 0.2) is 30.3 Å². The van der Waals surface area contributed by atoms with E-state index in [-0.39, 0.29) is 0 Å². The summed E-state index contributed by atoms with van der Waals surface area (Å²) in [4.78, 5) is 0. The fourth-order valence-corrected chi connectivity index (χ4v) is 4.29. The van der Waals surface area contributed by atoms with E-state index in [1.165, 1.54) is 5.56 Å². The van der Waals surface area contributed by atoms with E-state index in [0.29, 0.717) is 29.4 Å². The van der Waals surface area contributed by atoms with Gasteiger partial charge >= 0.3 is 0 Å². The van der Waals surface area contributed by atoms with Crippen molar-refractivity contribution in [1.82, 2.24) is 0 Å². The van der Waals surface area contributed by atoms with Crippen molar-refractivity contribution < 1.29 is 29.9 Å². The van der Waals surface area contributed by atoms with Gasteiger partial charge in [0.2, 0.25) is 0 Å². The van der Waals surface area contributed by atoms with Crippen LogP contribution in [-0.2, 0) is 17.6 Å². The van der Waals surface area contributed by atoms with E-state index < -0.39 is 37.1 Å². The second-order valence-corrected chi connectivity index (χ2v) is 8.72. The van der Waals surface area contributed by atoms with Crippen molar-refractivity contribution in [1.29, 1.82) is 0 Å². The van der Waals surface area contributed by atoms with Crippen LogP contribution in [-0.4, -0.2) is 58.1 Å². The van der Waals surface area contributed by atoms with E-state index in [9.17, 15) is 20.4 Å². The van der Waals surface area contributed by atoms with E-state index >= 15 is 0 Å². The summed E-state index contributed by atoms with van der Waals surface area (Å²) < 4.78 is 11.8. The van der Waals surface area contributed by atoms with Gasteiger partial charge in [0.25, 0.3) is 0 Å². The van der Waals surface area contributed by atoms with Crippen molar-refractivity contribution in [2.75, 3.05) is 13.2 Å². The number of aryl methyl sites for hydroxylation is 1. The molecule has 32 heavy (non-hydrogen) atoms. The standard InChI is InChI=1S/C25H33ClO6/c1-4-10-31-24-14(3)20(26)17(11-16-8-6-15(5-2)7-9-16)12-18(24)25-23(30)22(29)21(28)19(13-27)32-25/h6-9,12,19,21-23,25,27-30H,4-5,10-11,13H2,1-3H3/t19-,21-,22+,23-,25+/m1/s1. The first-order valence-corrected chi connectivity index (χ1v) is 11.5. The summed E-state index contributed by atoms with van der Waals surface area (Å²) in [7, 11) is 0. The molecular weight excluding hydrogens is 432 g/mol. The number of ether oxygens (including phenoxy) is 2. The third-order valence-corrected chi connectivity index (χ3v) is 6.55. The van der Waals surface area contributed by atoms with Crippen molar-refractivity contribution in [3.63, 3.8) is 0 Å². The third-order valence-electron chi connectivity index (χ3n) is 6.02. The molecule has 5 atom stereocenters. The predicted molar refractivity (Wildman–Crippen MR) is 123 cm³/mol. The second kappa shape index (κ2) is 11.0. The Bertz CT molecular complexity index is 898. The predicted octanol–water partition coefficient (Wildman–Crippen LogP) is 3.11. The molecule has 0 spiro atoms. The fourth-order valence-electron chi connectivity index (χ4n) is 4.08. The van der Waals surface area contributed by atoms with Crippen LogP contribution in [0.1, 0.15) is 54.2 Å². The molecule has 0 radical (unpaired) electrons. The summed E-state index contributed by atoms with van der Waals surface area (Å²) in [5, 5.41) is 41.4. The fraction of sp³-hybridized carbons (Fsp3) is 0.520. The van der Waals surface area contributed by atoms with Crippen LogP contribution in [0.25, 0.3) is 0 Å². The monoisotopic (exact) mass is 464 g/mol. The first kappa shape index (κ1) is 25.0. The summed E-state index contributed by atoms with van der Waals surface area (Å²) in [5.74, 6) is 0.492. The van der Waals surface area contributed by atoms with Gasteiger partial charge in [-0.05, 0) is 48.9 Å². The molecule has 0 unspecified atom stereocenters. The highest BCUT2D eigenvalue weighted by molar-refractivity contribution is 6.32. The lowest BCUT2D eigenvalue weighted by Crippen LogP contribution is -2.55. The van der Waals surface area contributed by atoms with Crippen molar-refractivity contribution in [3.8, 4) is 5.75 Å². The first-order valence-electron chi connectivity index (χ1n) is 11.1. The number of aliphatic hydroxyl groups excluding tert-OH is 4. The molecule has 1 saturated heterocycles. The Kier molecular flexibility index (Phi) is 8.55. The van der Waals surface area contributed by atoms with Crippen LogP contribution in [0.4, 0.5) is 0 Å². The van der Waals surface area contributed by atoms with Crippen LogP contribution in [0.2, 0.25) is 5.02 Å². The van der Waals surface area contributed by atoms with Crippen LogP contribution < -0.4 is 4.74 Å². The Morgan fingerprint density at radius 2 is 1.66 bits per heavy atom. The summed E-state index contributed by atoms with van der Waals surface area (Å²) in [6.45, 7) is 5.90. The van der Waals surface area contributed by atoms with Gasteiger partial charge in [0.15, 0.2) is 0 Å². The number of rotatable bonds is 8. The maximum atomic E-state index is 10.7.